The number of nitrogens with one attached hydrogen (secondary N) is 1. The highest BCUT2D eigenvalue weighted by atomic mass is 79.9. The summed E-state index contributed by atoms with van der Waals surface area (Å²) in [4.78, 5) is 0. The lowest BCUT2D eigenvalue weighted by molar-refractivity contribution is 0.627. The minimum absolute atomic E-state index is 0.0353. The molecule has 1 unspecified atom stereocenters. The van der Waals surface area contributed by atoms with Gasteiger partial charge in [0.15, 0.2) is 0 Å². The number of halogens is 1. The summed E-state index contributed by atoms with van der Waals surface area (Å²) >= 11 is 3.38. The van der Waals surface area contributed by atoms with Crippen molar-refractivity contribution in [2.24, 2.45) is 5.84 Å². The van der Waals surface area contributed by atoms with E-state index in [2.05, 4.69) is 27.9 Å². The average molecular weight is 241 g/mol. The lowest BCUT2D eigenvalue weighted by Gasteiger charge is -2.15. The lowest BCUT2D eigenvalue weighted by atomic mass is 10.0. The van der Waals surface area contributed by atoms with Gasteiger partial charge >= 0.3 is 0 Å². The summed E-state index contributed by atoms with van der Waals surface area (Å²) < 4.78 is 1.06. The van der Waals surface area contributed by atoms with Crippen LogP contribution < -0.4 is 11.3 Å². The fourth-order valence-electron chi connectivity index (χ4n) is 1.18. The second kappa shape index (κ2) is 4.56. The first kappa shape index (κ1) is 10.4. The monoisotopic (exact) mass is 240 g/mol. The first-order valence-electron chi connectivity index (χ1n) is 4.02. The molecule has 0 heterocycles. The maximum atomic E-state index is 5.42. The van der Waals surface area contributed by atoms with Crippen LogP contribution in [0.1, 0.15) is 18.5 Å². The fourth-order valence-corrected chi connectivity index (χ4v) is 1.44. The number of nitrogens with two attached hydrogens (primary N) is 1. The molecule has 0 bridgehead atoms. The molecule has 3 heteroatoms. The zero-order valence-electron chi connectivity index (χ0n) is 7.55. The van der Waals surface area contributed by atoms with E-state index in [-0.39, 0.29) is 6.04 Å². The molecule has 0 amide bonds. The Morgan fingerprint density at radius 1 is 1.46 bits per heavy atom. The fraction of sp³-hybridized carbons (Fsp3) is 0.200. The van der Waals surface area contributed by atoms with E-state index in [0.29, 0.717) is 0 Å². The predicted molar refractivity (Wildman–Crippen MR) is 59.0 cm³/mol. The molecule has 1 aromatic carbocycles. The Balaban J connectivity index is 2.92. The lowest BCUT2D eigenvalue weighted by Crippen LogP contribution is -2.28. The van der Waals surface area contributed by atoms with Crippen molar-refractivity contribution < 1.29 is 0 Å². The van der Waals surface area contributed by atoms with Crippen molar-refractivity contribution in [3.05, 3.63) is 46.5 Å². The van der Waals surface area contributed by atoms with E-state index in [1.807, 2.05) is 31.2 Å². The first-order chi connectivity index (χ1) is 6.15. The number of rotatable bonds is 3. The molecular weight excluding hydrogens is 228 g/mol. The van der Waals surface area contributed by atoms with Crippen LogP contribution in [0.3, 0.4) is 0 Å². The summed E-state index contributed by atoms with van der Waals surface area (Å²) in [7, 11) is 0. The van der Waals surface area contributed by atoms with E-state index in [1.54, 1.807) is 0 Å². The van der Waals surface area contributed by atoms with E-state index >= 15 is 0 Å². The van der Waals surface area contributed by atoms with Gasteiger partial charge in [-0.05, 0) is 24.6 Å². The van der Waals surface area contributed by atoms with Crippen LogP contribution >= 0.6 is 15.9 Å². The Bertz CT molecular complexity index is 292. The van der Waals surface area contributed by atoms with Gasteiger partial charge in [0.2, 0.25) is 0 Å². The minimum atomic E-state index is 0.0353. The summed E-state index contributed by atoms with van der Waals surface area (Å²) in [6.07, 6.45) is 0. The second-order valence-corrected chi connectivity index (χ2v) is 3.91. The molecule has 0 aliphatic heterocycles. The van der Waals surface area contributed by atoms with Crippen molar-refractivity contribution in [2.75, 3.05) is 0 Å². The third-order valence-corrected chi connectivity index (χ3v) is 2.39. The van der Waals surface area contributed by atoms with Crippen LogP contribution in [0.15, 0.2) is 40.9 Å². The summed E-state index contributed by atoms with van der Waals surface area (Å²) in [5.74, 6) is 5.42. The van der Waals surface area contributed by atoms with Crippen molar-refractivity contribution in [1.29, 1.82) is 0 Å². The van der Waals surface area contributed by atoms with Crippen molar-refractivity contribution in [3.8, 4) is 0 Å². The molecule has 13 heavy (non-hydrogen) atoms. The quantitative estimate of drug-likeness (QED) is 0.484. The first-order valence-corrected chi connectivity index (χ1v) is 4.81. The van der Waals surface area contributed by atoms with Crippen LogP contribution in [-0.4, -0.2) is 0 Å². The van der Waals surface area contributed by atoms with Gasteiger partial charge in [0.25, 0.3) is 0 Å². The SMILES string of the molecule is C=C(C)C(NN)c1ccc(Br)cc1. The van der Waals surface area contributed by atoms with Gasteiger partial charge in [-0.25, -0.2) is 5.43 Å². The van der Waals surface area contributed by atoms with Crippen LogP contribution in [-0.2, 0) is 0 Å². The van der Waals surface area contributed by atoms with Gasteiger partial charge in [0.1, 0.15) is 0 Å². The Kier molecular flexibility index (Phi) is 3.66. The summed E-state index contributed by atoms with van der Waals surface area (Å²) in [6, 6.07) is 8.05. The van der Waals surface area contributed by atoms with E-state index in [1.165, 1.54) is 0 Å². The van der Waals surface area contributed by atoms with E-state index < -0.39 is 0 Å². The second-order valence-electron chi connectivity index (χ2n) is 3.00. The van der Waals surface area contributed by atoms with Crippen LogP contribution in [0.4, 0.5) is 0 Å². The number of hydrogen-bond acceptors (Lipinski definition) is 2. The molecule has 1 rings (SSSR count). The zero-order chi connectivity index (χ0) is 9.84. The van der Waals surface area contributed by atoms with Crippen molar-refractivity contribution in [2.45, 2.75) is 13.0 Å². The molecule has 3 N–H and O–H groups in total. The molecule has 0 aliphatic carbocycles. The van der Waals surface area contributed by atoms with Gasteiger partial charge in [0, 0.05) is 4.47 Å². The molecular formula is C10H13BrN2. The summed E-state index contributed by atoms with van der Waals surface area (Å²) in [5.41, 5.74) is 4.85. The molecule has 0 fully saturated rings. The van der Waals surface area contributed by atoms with Gasteiger partial charge in [-0.2, -0.15) is 0 Å². The molecule has 70 valence electrons. The van der Waals surface area contributed by atoms with Crippen molar-refractivity contribution in [3.63, 3.8) is 0 Å². The third kappa shape index (κ3) is 2.66. The van der Waals surface area contributed by atoms with Crippen LogP contribution in [0.5, 0.6) is 0 Å². The molecule has 0 aromatic heterocycles. The molecule has 0 spiro atoms. The zero-order valence-corrected chi connectivity index (χ0v) is 9.14. The molecule has 0 saturated carbocycles. The minimum Gasteiger partial charge on any atom is -0.271 e. The normalized spacial score (nSPS) is 12.5. The highest BCUT2D eigenvalue weighted by Gasteiger charge is 2.08. The molecule has 1 atom stereocenters. The predicted octanol–water partition coefficient (Wildman–Crippen LogP) is 2.53. The maximum absolute atomic E-state index is 5.42. The van der Waals surface area contributed by atoms with Gasteiger partial charge in [0.05, 0.1) is 6.04 Å². The Hall–Kier alpha value is -0.640. The Labute approximate surface area is 86.9 Å². The topological polar surface area (TPSA) is 38.0 Å². The molecule has 2 nitrogen and oxygen atoms in total. The molecule has 0 aliphatic rings. The number of benzene rings is 1. The number of hydrazine groups is 1. The highest BCUT2D eigenvalue weighted by molar-refractivity contribution is 9.10. The molecule has 0 radical (unpaired) electrons. The summed E-state index contributed by atoms with van der Waals surface area (Å²) in [6.45, 7) is 5.82. The largest absolute Gasteiger partial charge is 0.271 e. The Morgan fingerprint density at radius 2 is 2.00 bits per heavy atom. The van der Waals surface area contributed by atoms with Gasteiger partial charge in [-0.15, -0.1) is 0 Å². The van der Waals surface area contributed by atoms with Crippen molar-refractivity contribution >= 4 is 15.9 Å². The van der Waals surface area contributed by atoms with Gasteiger partial charge in [-0.3, -0.25) is 5.84 Å². The van der Waals surface area contributed by atoms with E-state index in [0.717, 1.165) is 15.6 Å². The number of hydrogen-bond donors (Lipinski definition) is 2. The molecule has 0 saturated heterocycles. The highest BCUT2D eigenvalue weighted by Crippen LogP contribution is 2.20. The third-order valence-electron chi connectivity index (χ3n) is 1.86. The van der Waals surface area contributed by atoms with E-state index in [4.69, 9.17) is 5.84 Å². The van der Waals surface area contributed by atoms with E-state index in [9.17, 15) is 0 Å². The Morgan fingerprint density at radius 3 is 2.38 bits per heavy atom. The smallest absolute Gasteiger partial charge is 0.0664 e. The van der Waals surface area contributed by atoms with Crippen molar-refractivity contribution in [1.82, 2.24) is 5.43 Å². The van der Waals surface area contributed by atoms with Crippen LogP contribution in [0.2, 0.25) is 0 Å². The van der Waals surface area contributed by atoms with Gasteiger partial charge in [-0.1, -0.05) is 40.2 Å². The van der Waals surface area contributed by atoms with Crippen LogP contribution in [0, 0.1) is 0 Å². The maximum Gasteiger partial charge on any atom is 0.0664 e. The molecule has 1 aromatic rings. The average Bonchev–Trinajstić information content (AvgIpc) is 2.09. The standard InChI is InChI=1S/C10H13BrN2/c1-7(2)10(13-12)8-3-5-9(11)6-4-8/h3-6,10,13H,1,12H2,2H3. The van der Waals surface area contributed by atoms with Gasteiger partial charge < -0.3 is 0 Å². The van der Waals surface area contributed by atoms with Crippen LogP contribution in [0.25, 0.3) is 0 Å². The summed E-state index contributed by atoms with van der Waals surface area (Å²) in [5, 5.41) is 0.